The maximum absolute atomic E-state index is 12.4. The molecule has 1 aliphatic rings. The number of rotatable bonds is 0. The van der Waals surface area contributed by atoms with Gasteiger partial charge in [-0.05, 0) is 12.8 Å². The molecule has 14 heavy (non-hydrogen) atoms. The molecule has 0 spiro atoms. The van der Waals surface area contributed by atoms with E-state index in [1.807, 2.05) is 0 Å². The molecule has 1 unspecified atom stereocenters. The van der Waals surface area contributed by atoms with Gasteiger partial charge in [-0.25, -0.2) is 0 Å². The van der Waals surface area contributed by atoms with Crippen LogP contribution in [0.25, 0.3) is 0 Å². The molecule has 0 saturated heterocycles. The maximum atomic E-state index is 12.4. The lowest BCUT2D eigenvalue weighted by Crippen LogP contribution is -2.09. The van der Waals surface area contributed by atoms with Crippen molar-refractivity contribution in [2.45, 2.75) is 25.1 Å². The standard InChI is InChI=1S/C8H9F3N2O/c1-13-6-4(2-3-5(6)14)7(12-13)8(9,10)11/h5,14H,2-3H2,1H3. The summed E-state index contributed by atoms with van der Waals surface area (Å²) in [5, 5.41) is 12.8. The second-order valence-corrected chi connectivity index (χ2v) is 3.39. The van der Waals surface area contributed by atoms with Crippen LogP contribution < -0.4 is 0 Å². The van der Waals surface area contributed by atoms with Crippen molar-refractivity contribution in [2.75, 3.05) is 0 Å². The Kier molecular flexibility index (Phi) is 1.85. The second kappa shape index (κ2) is 2.73. The van der Waals surface area contributed by atoms with Crippen molar-refractivity contribution in [3.05, 3.63) is 17.0 Å². The normalized spacial score (nSPS) is 21.4. The highest BCUT2D eigenvalue weighted by Gasteiger charge is 2.41. The summed E-state index contributed by atoms with van der Waals surface area (Å²) in [6.07, 6.45) is -4.63. The van der Waals surface area contributed by atoms with E-state index in [0.717, 1.165) is 4.68 Å². The van der Waals surface area contributed by atoms with Crippen molar-refractivity contribution in [2.24, 2.45) is 7.05 Å². The molecule has 1 aromatic heterocycles. The molecule has 1 atom stereocenters. The fourth-order valence-electron chi connectivity index (χ4n) is 1.89. The van der Waals surface area contributed by atoms with Gasteiger partial charge in [-0.2, -0.15) is 18.3 Å². The van der Waals surface area contributed by atoms with Crippen LogP contribution in [0.4, 0.5) is 13.2 Å². The number of nitrogens with zero attached hydrogens (tertiary/aromatic N) is 2. The molecular formula is C8H9F3N2O. The molecular weight excluding hydrogens is 197 g/mol. The molecule has 1 N–H and O–H groups in total. The van der Waals surface area contributed by atoms with E-state index >= 15 is 0 Å². The molecule has 0 bridgehead atoms. The number of aromatic nitrogens is 2. The Balaban J connectivity index is 2.56. The zero-order valence-electron chi connectivity index (χ0n) is 7.47. The number of aryl methyl sites for hydroxylation is 1. The first-order valence-corrected chi connectivity index (χ1v) is 4.22. The number of hydrogen-bond donors (Lipinski definition) is 1. The zero-order chi connectivity index (χ0) is 10.5. The van der Waals surface area contributed by atoms with E-state index in [1.165, 1.54) is 7.05 Å². The summed E-state index contributed by atoms with van der Waals surface area (Å²) in [7, 11) is 1.42. The fraction of sp³-hybridized carbons (Fsp3) is 0.625. The molecule has 0 aliphatic heterocycles. The zero-order valence-corrected chi connectivity index (χ0v) is 7.47. The minimum absolute atomic E-state index is 0.146. The maximum Gasteiger partial charge on any atom is 0.435 e. The summed E-state index contributed by atoms with van der Waals surface area (Å²) in [5.74, 6) is 0. The van der Waals surface area contributed by atoms with Crippen molar-refractivity contribution < 1.29 is 18.3 Å². The second-order valence-electron chi connectivity index (χ2n) is 3.39. The van der Waals surface area contributed by atoms with E-state index in [-0.39, 0.29) is 12.0 Å². The fourth-order valence-corrected chi connectivity index (χ4v) is 1.89. The van der Waals surface area contributed by atoms with E-state index in [2.05, 4.69) is 5.10 Å². The van der Waals surface area contributed by atoms with Crippen molar-refractivity contribution in [3.63, 3.8) is 0 Å². The van der Waals surface area contributed by atoms with E-state index in [9.17, 15) is 18.3 Å². The first-order valence-electron chi connectivity index (χ1n) is 4.22. The first kappa shape index (κ1) is 9.51. The highest BCUT2D eigenvalue weighted by Crippen LogP contribution is 2.39. The van der Waals surface area contributed by atoms with Gasteiger partial charge in [-0.3, -0.25) is 4.68 Å². The van der Waals surface area contributed by atoms with Crippen LogP contribution >= 0.6 is 0 Å². The van der Waals surface area contributed by atoms with Gasteiger partial charge < -0.3 is 5.11 Å². The molecule has 2 rings (SSSR count). The Labute approximate surface area is 78.1 Å². The quantitative estimate of drug-likeness (QED) is 0.697. The third-order valence-electron chi connectivity index (χ3n) is 2.45. The van der Waals surface area contributed by atoms with Crippen molar-refractivity contribution in [1.29, 1.82) is 0 Å². The molecule has 78 valence electrons. The van der Waals surface area contributed by atoms with Crippen LogP contribution in [0.5, 0.6) is 0 Å². The lowest BCUT2D eigenvalue weighted by molar-refractivity contribution is -0.142. The summed E-state index contributed by atoms with van der Waals surface area (Å²) in [6, 6.07) is 0. The number of aliphatic hydroxyl groups is 1. The summed E-state index contributed by atoms with van der Waals surface area (Å²) >= 11 is 0. The lowest BCUT2D eigenvalue weighted by Gasteiger charge is -2.03. The summed E-state index contributed by atoms with van der Waals surface area (Å²) in [6.45, 7) is 0. The number of hydrogen-bond acceptors (Lipinski definition) is 2. The molecule has 0 fully saturated rings. The van der Waals surface area contributed by atoms with Crippen LogP contribution in [0.2, 0.25) is 0 Å². The van der Waals surface area contributed by atoms with E-state index < -0.39 is 18.0 Å². The van der Waals surface area contributed by atoms with Crippen LogP contribution in [0, 0.1) is 0 Å². The van der Waals surface area contributed by atoms with Gasteiger partial charge in [0.05, 0.1) is 11.8 Å². The van der Waals surface area contributed by atoms with Crippen molar-refractivity contribution >= 4 is 0 Å². The topological polar surface area (TPSA) is 38.0 Å². The van der Waals surface area contributed by atoms with Gasteiger partial charge in [-0.1, -0.05) is 0 Å². The molecule has 0 radical (unpaired) electrons. The molecule has 0 aromatic carbocycles. The molecule has 1 aromatic rings. The molecule has 6 heteroatoms. The molecule has 3 nitrogen and oxygen atoms in total. The Hall–Kier alpha value is -1.04. The van der Waals surface area contributed by atoms with Gasteiger partial charge in [0.15, 0.2) is 5.69 Å². The van der Waals surface area contributed by atoms with Crippen molar-refractivity contribution in [1.82, 2.24) is 9.78 Å². The number of aliphatic hydroxyl groups excluding tert-OH is 1. The first-order chi connectivity index (χ1) is 6.41. The summed E-state index contributed by atoms with van der Waals surface area (Å²) < 4.78 is 38.4. The molecule has 0 amide bonds. The van der Waals surface area contributed by atoms with E-state index in [1.54, 1.807) is 0 Å². The van der Waals surface area contributed by atoms with E-state index in [4.69, 9.17) is 0 Å². The highest BCUT2D eigenvalue weighted by atomic mass is 19.4. The van der Waals surface area contributed by atoms with Gasteiger partial charge >= 0.3 is 6.18 Å². The average Bonchev–Trinajstić information content (AvgIpc) is 2.54. The Morgan fingerprint density at radius 2 is 2.14 bits per heavy atom. The number of alkyl halides is 3. The van der Waals surface area contributed by atoms with Crippen LogP contribution in [0.1, 0.15) is 29.5 Å². The van der Waals surface area contributed by atoms with Crippen molar-refractivity contribution in [3.8, 4) is 0 Å². The molecule has 1 aliphatic carbocycles. The highest BCUT2D eigenvalue weighted by molar-refractivity contribution is 5.34. The van der Waals surface area contributed by atoms with Gasteiger partial charge in [0.25, 0.3) is 0 Å². The lowest BCUT2D eigenvalue weighted by atomic mass is 10.2. The van der Waals surface area contributed by atoms with Crippen LogP contribution in [0.3, 0.4) is 0 Å². The van der Waals surface area contributed by atoms with Crippen LogP contribution in [-0.2, 0) is 19.6 Å². The third-order valence-corrected chi connectivity index (χ3v) is 2.45. The van der Waals surface area contributed by atoms with Crippen LogP contribution in [-0.4, -0.2) is 14.9 Å². The summed E-state index contributed by atoms with van der Waals surface area (Å²) in [4.78, 5) is 0. The number of halogens is 3. The van der Waals surface area contributed by atoms with Gasteiger partial charge in [-0.15, -0.1) is 0 Å². The predicted octanol–water partition coefficient (Wildman–Crippen LogP) is 1.42. The van der Waals surface area contributed by atoms with Gasteiger partial charge in [0.1, 0.15) is 0 Å². The number of fused-ring (bicyclic) bond motifs is 1. The average molecular weight is 206 g/mol. The monoisotopic (exact) mass is 206 g/mol. The van der Waals surface area contributed by atoms with Gasteiger partial charge in [0.2, 0.25) is 0 Å². The Bertz CT molecular complexity index is 369. The molecule has 1 heterocycles. The Morgan fingerprint density at radius 1 is 1.50 bits per heavy atom. The Morgan fingerprint density at radius 3 is 2.71 bits per heavy atom. The van der Waals surface area contributed by atoms with Crippen LogP contribution in [0.15, 0.2) is 0 Å². The largest absolute Gasteiger partial charge is 0.435 e. The smallest absolute Gasteiger partial charge is 0.387 e. The SMILES string of the molecule is Cn1nc(C(F)(F)F)c2c1C(O)CC2. The van der Waals surface area contributed by atoms with E-state index in [0.29, 0.717) is 12.1 Å². The minimum Gasteiger partial charge on any atom is -0.387 e. The predicted molar refractivity (Wildman–Crippen MR) is 41.5 cm³/mol. The molecule has 0 saturated carbocycles. The summed E-state index contributed by atoms with van der Waals surface area (Å²) in [5.41, 5.74) is -0.406. The minimum atomic E-state index is -4.42. The van der Waals surface area contributed by atoms with Gasteiger partial charge in [0, 0.05) is 12.6 Å². The third kappa shape index (κ3) is 1.21.